The Morgan fingerprint density at radius 3 is 2.71 bits per heavy atom. The SMILES string of the molecule is C=CCN(CCCCC)C(=O)C1N(CCCCCO)C(=O)[C@@H]2[C@H](C(=O)OCC)[C@H]3SC12CC3Br. The van der Waals surface area contributed by atoms with Crippen molar-refractivity contribution in [2.24, 2.45) is 11.8 Å². The van der Waals surface area contributed by atoms with Crippen LogP contribution in [0.15, 0.2) is 12.7 Å². The molecule has 3 aliphatic heterocycles. The van der Waals surface area contributed by atoms with Crippen LogP contribution in [0.4, 0.5) is 0 Å². The minimum absolute atomic E-state index is 0.0358. The highest BCUT2D eigenvalue weighted by Gasteiger charge is 2.76. The minimum Gasteiger partial charge on any atom is -0.466 e. The Bertz CT molecular complexity index is 768. The Morgan fingerprint density at radius 1 is 1.29 bits per heavy atom. The highest BCUT2D eigenvalue weighted by Crippen LogP contribution is 2.68. The molecule has 0 aromatic rings. The molecular weight excluding hydrogens is 520 g/mol. The number of esters is 1. The number of thioether (sulfide) groups is 1. The number of aliphatic hydroxyl groups excluding tert-OH is 1. The molecule has 0 aromatic carbocycles. The van der Waals surface area contributed by atoms with Crippen LogP contribution >= 0.6 is 27.7 Å². The van der Waals surface area contributed by atoms with Crippen molar-refractivity contribution in [3.8, 4) is 0 Å². The van der Waals surface area contributed by atoms with E-state index in [0.29, 0.717) is 38.9 Å². The molecule has 6 atom stereocenters. The maximum atomic E-state index is 14.1. The fourth-order valence-electron chi connectivity index (χ4n) is 5.90. The first-order chi connectivity index (χ1) is 16.4. The number of hydrogen-bond acceptors (Lipinski definition) is 6. The molecule has 0 aromatic heterocycles. The average Bonchev–Trinajstić information content (AvgIpc) is 3.39. The lowest BCUT2D eigenvalue weighted by Gasteiger charge is -2.38. The number of rotatable bonds is 14. The topological polar surface area (TPSA) is 87.2 Å². The van der Waals surface area contributed by atoms with E-state index in [4.69, 9.17) is 9.84 Å². The molecule has 0 radical (unpaired) electrons. The normalized spacial score (nSPS) is 31.6. The van der Waals surface area contributed by atoms with Crippen molar-refractivity contribution in [2.45, 2.75) is 79.7 Å². The molecule has 9 heteroatoms. The van der Waals surface area contributed by atoms with Gasteiger partial charge in [-0.25, -0.2) is 0 Å². The first kappa shape index (κ1) is 27.5. The lowest BCUT2D eigenvalue weighted by Crippen LogP contribution is -2.55. The fraction of sp³-hybridized carbons (Fsp3) is 0.800. The summed E-state index contributed by atoms with van der Waals surface area (Å²) < 4.78 is 4.76. The summed E-state index contributed by atoms with van der Waals surface area (Å²) in [4.78, 5) is 44.6. The van der Waals surface area contributed by atoms with Gasteiger partial charge in [0.2, 0.25) is 11.8 Å². The number of hydrogen-bond donors (Lipinski definition) is 1. The van der Waals surface area contributed by atoms with Crippen LogP contribution < -0.4 is 0 Å². The van der Waals surface area contributed by atoms with E-state index in [1.54, 1.807) is 29.7 Å². The molecule has 3 heterocycles. The summed E-state index contributed by atoms with van der Waals surface area (Å²) in [6.45, 7) is 9.67. The van der Waals surface area contributed by atoms with Crippen LogP contribution in [-0.2, 0) is 19.1 Å². The van der Waals surface area contributed by atoms with Crippen LogP contribution in [0.2, 0.25) is 0 Å². The second kappa shape index (κ2) is 12.3. The first-order valence-electron chi connectivity index (χ1n) is 12.7. The molecule has 3 unspecified atom stereocenters. The summed E-state index contributed by atoms with van der Waals surface area (Å²) in [5, 5.41) is 9.09. The molecule has 192 valence electrons. The number of carbonyl (C=O) groups is 3. The number of ether oxygens (including phenoxy) is 1. The molecule has 1 N–H and O–H groups in total. The maximum absolute atomic E-state index is 14.1. The van der Waals surface area contributed by atoms with E-state index < -0.39 is 22.6 Å². The fourth-order valence-corrected chi connectivity index (χ4v) is 9.50. The van der Waals surface area contributed by atoms with Crippen molar-refractivity contribution in [3.05, 3.63) is 12.7 Å². The third-order valence-electron chi connectivity index (χ3n) is 7.33. The molecule has 3 rings (SSSR count). The zero-order valence-corrected chi connectivity index (χ0v) is 22.8. The number of nitrogens with zero attached hydrogens (tertiary/aromatic N) is 2. The van der Waals surface area contributed by atoms with E-state index in [0.717, 1.165) is 25.7 Å². The van der Waals surface area contributed by atoms with Crippen molar-refractivity contribution in [1.29, 1.82) is 0 Å². The van der Waals surface area contributed by atoms with Crippen LogP contribution in [-0.4, -0.2) is 86.4 Å². The Hall–Kier alpha value is -1.06. The third-order valence-corrected chi connectivity index (χ3v) is 10.6. The summed E-state index contributed by atoms with van der Waals surface area (Å²) >= 11 is 5.42. The Balaban J connectivity index is 1.96. The summed E-state index contributed by atoms with van der Waals surface area (Å²) in [7, 11) is 0. The average molecular weight is 560 g/mol. The molecule has 3 fully saturated rings. The van der Waals surface area contributed by atoms with Gasteiger partial charge in [-0.1, -0.05) is 41.8 Å². The molecule has 0 saturated carbocycles. The van der Waals surface area contributed by atoms with E-state index in [-0.39, 0.29) is 41.1 Å². The van der Waals surface area contributed by atoms with Gasteiger partial charge >= 0.3 is 5.97 Å². The smallest absolute Gasteiger partial charge is 0.310 e. The molecule has 2 bridgehead atoms. The largest absolute Gasteiger partial charge is 0.466 e. The maximum Gasteiger partial charge on any atom is 0.310 e. The number of alkyl halides is 1. The van der Waals surface area contributed by atoms with Gasteiger partial charge in [0.15, 0.2) is 0 Å². The second-order valence-corrected chi connectivity index (χ2v) is 12.2. The molecule has 1 spiro atoms. The molecule has 2 amide bonds. The standard InChI is InChI=1S/C25H39BrN2O5S/c1-4-7-9-13-27(12-5-2)23(31)21-25-16-17(26)20(34-25)18(24(32)33-6-3)19(25)22(30)28(21)14-10-8-11-15-29/h5,17-21,29H,2,4,6-16H2,1,3H3/t17?,18-,19-,20-,21?,25?/m0/s1. The first-order valence-corrected chi connectivity index (χ1v) is 14.5. The number of fused-ring (bicyclic) bond motifs is 1. The predicted molar refractivity (Wildman–Crippen MR) is 138 cm³/mol. The number of halogens is 1. The van der Waals surface area contributed by atoms with Crippen molar-refractivity contribution < 1.29 is 24.2 Å². The Kier molecular flexibility index (Phi) is 9.93. The van der Waals surface area contributed by atoms with E-state index in [1.807, 2.05) is 4.90 Å². The number of likely N-dealkylation sites (tertiary alicyclic amines) is 1. The van der Waals surface area contributed by atoms with Gasteiger partial charge in [0.05, 0.1) is 23.2 Å². The van der Waals surface area contributed by atoms with Gasteiger partial charge in [0, 0.05) is 36.3 Å². The Labute approximate surface area is 216 Å². The monoisotopic (exact) mass is 558 g/mol. The second-order valence-electron chi connectivity index (χ2n) is 9.51. The zero-order chi connectivity index (χ0) is 24.9. The van der Waals surface area contributed by atoms with Crippen LogP contribution in [0.1, 0.15) is 58.8 Å². The van der Waals surface area contributed by atoms with Gasteiger partial charge < -0.3 is 19.6 Å². The van der Waals surface area contributed by atoms with E-state index >= 15 is 0 Å². The molecule has 34 heavy (non-hydrogen) atoms. The summed E-state index contributed by atoms with van der Waals surface area (Å²) in [6.07, 6.45) is 7.59. The molecular formula is C25H39BrN2O5S. The molecule has 7 nitrogen and oxygen atoms in total. The number of amides is 2. The summed E-state index contributed by atoms with van der Waals surface area (Å²) in [6, 6.07) is -0.602. The van der Waals surface area contributed by atoms with Gasteiger partial charge in [-0.15, -0.1) is 18.3 Å². The molecule has 0 aliphatic carbocycles. The lowest BCUT2D eigenvalue weighted by molar-refractivity contribution is -0.153. The predicted octanol–water partition coefficient (Wildman–Crippen LogP) is 3.38. The highest BCUT2D eigenvalue weighted by atomic mass is 79.9. The minimum atomic E-state index is -0.633. The summed E-state index contributed by atoms with van der Waals surface area (Å²) in [5.41, 5.74) is 0. The van der Waals surface area contributed by atoms with Crippen molar-refractivity contribution in [1.82, 2.24) is 9.80 Å². The van der Waals surface area contributed by atoms with E-state index in [9.17, 15) is 14.4 Å². The van der Waals surface area contributed by atoms with Crippen LogP contribution in [0.5, 0.6) is 0 Å². The van der Waals surface area contributed by atoms with Crippen LogP contribution in [0.25, 0.3) is 0 Å². The number of aliphatic hydroxyl groups is 1. The number of carbonyl (C=O) groups excluding carboxylic acids is 3. The molecule has 3 saturated heterocycles. The van der Waals surface area contributed by atoms with Crippen molar-refractivity contribution in [2.75, 3.05) is 32.8 Å². The Morgan fingerprint density at radius 2 is 2.06 bits per heavy atom. The number of unbranched alkanes of at least 4 members (excludes halogenated alkanes) is 4. The van der Waals surface area contributed by atoms with Gasteiger partial charge in [-0.3, -0.25) is 14.4 Å². The van der Waals surface area contributed by atoms with Gasteiger partial charge in [0.1, 0.15) is 6.04 Å². The highest BCUT2D eigenvalue weighted by molar-refractivity contribution is 9.09. The van der Waals surface area contributed by atoms with E-state index in [1.165, 1.54) is 0 Å². The lowest BCUT2D eigenvalue weighted by atomic mass is 9.71. The zero-order valence-electron chi connectivity index (χ0n) is 20.4. The van der Waals surface area contributed by atoms with Crippen LogP contribution in [0.3, 0.4) is 0 Å². The van der Waals surface area contributed by atoms with Gasteiger partial charge in [-0.2, -0.15) is 0 Å². The quantitative estimate of drug-likeness (QED) is 0.152. The van der Waals surface area contributed by atoms with Crippen molar-refractivity contribution >= 4 is 45.5 Å². The summed E-state index contributed by atoms with van der Waals surface area (Å²) in [5.74, 6) is -1.54. The van der Waals surface area contributed by atoms with Gasteiger partial charge in [-0.05, 0) is 39.0 Å². The van der Waals surface area contributed by atoms with E-state index in [2.05, 4.69) is 29.4 Å². The molecule has 3 aliphatic rings. The van der Waals surface area contributed by atoms with Gasteiger partial charge in [0.25, 0.3) is 0 Å². The third kappa shape index (κ3) is 5.07. The van der Waals surface area contributed by atoms with Crippen LogP contribution in [0, 0.1) is 11.8 Å². The van der Waals surface area contributed by atoms with Crippen molar-refractivity contribution in [3.63, 3.8) is 0 Å².